The van der Waals surface area contributed by atoms with Crippen LogP contribution in [0.15, 0.2) is 24.3 Å². The lowest BCUT2D eigenvalue weighted by Crippen LogP contribution is -2.22. The van der Waals surface area contributed by atoms with E-state index in [9.17, 15) is 14.7 Å². The monoisotopic (exact) mass is 294 g/mol. The Kier molecular flexibility index (Phi) is 6.37. The molecule has 116 valence electrons. The molecule has 1 atom stereocenters. The lowest BCUT2D eigenvalue weighted by atomic mass is 9.96. The highest BCUT2D eigenvalue weighted by atomic mass is 16.5. The Bertz CT molecular complexity index is 493. The Morgan fingerprint density at radius 2 is 1.81 bits per heavy atom. The molecule has 5 nitrogen and oxygen atoms in total. The molecule has 0 aliphatic carbocycles. The van der Waals surface area contributed by atoms with Crippen molar-refractivity contribution in [2.45, 2.75) is 45.1 Å². The number of aliphatic hydroxyl groups is 1. The molecule has 0 saturated carbocycles. The van der Waals surface area contributed by atoms with Gasteiger partial charge in [0, 0.05) is 0 Å². The minimum atomic E-state index is -1.15. The number of aromatic carboxylic acids is 1. The van der Waals surface area contributed by atoms with Gasteiger partial charge >= 0.3 is 11.9 Å². The largest absolute Gasteiger partial charge is 0.478 e. The molecule has 0 heterocycles. The minimum Gasteiger partial charge on any atom is -0.478 e. The van der Waals surface area contributed by atoms with Gasteiger partial charge in [0.25, 0.3) is 0 Å². The Morgan fingerprint density at radius 1 is 1.19 bits per heavy atom. The molecule has 5 heteroatoms. The van der Waals surface area contributed by atoms with Crippen LogP contribution in [0, 0.1) is 0 Å². The Balaban J connectivity index is 2.43. The maximum atomic E-state index is 11.9. The fraction of sp³-hybridized carbons (Fsp3) is 0.500. The van der Waals surface area contributed by atoms with Gasteiger partial charge < -0.3 is 14.9 Å². The van der Waals surface area contributed by atoms with Gasteiger partial charge in [-0.2, -0.15) is 0 Å². The molecule has 1 aromatic carbocycles. The van der Waals surface area contributed by atoms with Crippen LogP contribution in [0.1, 0.15) is 60.2 Å². The van der Waals surface area contributed by atoms with Crippen LogP contribution < -0.4 is 0 Å². The first kappa shape index (κ1) is 17.2. The zero-order chi connectivity index (χ0) is 15.9. The van der Waals surface area contributed by atoms with E-state index in [2.05, 4.69) is 0 Å². The van der Waals surface area contributed by atoms with Crippen LogP contribution in [0.3, 0.4) is 0 Å². The molecule has 0 aliphatic heterocycles. The summed E-state index contributed by atoms with van der Waals surface area (Å²) < 4.78 is 5.08. The van der Waals surface area contributed by atoms with E-state index in [-0.39, 0.29) is 17.7 Å². The fourth-order valence-corrected chi connectivity index (χ4v) is 1.87. The maximum absolute atomic E-state index is 11.9. The van der Waals surface area contributed by atoms with Crippen molar-refractivity contribution in [2.24, 2.45) is 0 Å². The summed E-state index contributed by atoms with van der Waals surface area (Å²) in [7, 11) is 0. The lowest BCUT2D eigenvalue weighted by molar-refractivity contribution is 0.0378. The minimum absolute atomic E-state index is 0.0589. The van der Waals surface area contributed by atoms with Gasteiger partial charge in [-0.1, -0.05) is 19.1 Å². The molecule has 0 amide bonds. The van der Waals surface area contributed by atoms with E-state index in [1.165, 1.54) is 12.1 Å². The molecule has 1 aromatic rings. The van der Waals surface area contributed by atoms with Gasteiger partial charge in [-0.05, 0) is 44.7 Å². The first-order valence-corrected chi connectivity index (χ1v) is 7.09. The number of hydrogen-bond donors (Lipinski definition) is 2. The van der Waals surface area contributed by atoms with E-state index in [1.807, 2.05) is 6.92 Å². The van der Waals surface area contributed by atoms with Crippen LogP contribution in [0.4, 0.5) is 0 Å². The lowest BCUT2D eigenvalue weighted by Gasteiger charge is -2.20. The molecule has 21 heavy (non-hydrogen) atoms. The zero-order valence-electron chi connectivity index (χ0n) is 12.5. The average molecular weight is 294 g/mol. The third-order valence-electron chi connectivity index (χ3n) is 3.48. The van der Waals surface area contributed by atoms with E-state index in [0.29, 0.717) is 19.3 Å². The molecule has 0 spiro atoms. The van der Waals surface area contributed by atoms with Crippen LogP contribution >= 0.6 is 0 Å². The zero-order valence-corrected chi connectivity index (χ0v) is 12.5. The quantitative estimate of drug-likeness (QED) is 0.569. The Labute approximate surface area is 124 Å². The highest BCUT2D eigenvalue weighted by molar-refractivity contribution is 6.02. The molecule has 0 fully saturated rings. The number of ether oxygens (including phenoxy) is 1. The molecule has 0 radical (unpaired) electrons. The highest BCUT2D eigenvalue weighted by Crippen LogP contribution is 2.17. The van der Waals surface area contributed by atoms with Crippen molar-refractivity contribution in [3.63, 3.8) is 0 Å². The van der Waals surface area contributed by atoms with Crippen LogP contribution in [0.5, 0.6) is 0 Å². The molecule has 2 N–H and O–H groups in total. The van der Waals surface area contributed by atoms with Crippen molar-refractivity contribution in [1.82, 2.24) is 0 Å². The van der Waals surface area contributed by atoms with E-state index < -0.39 is 17.5 Å². The van der Waals surface area contributed by atoms with Gasteiger partial charge in [0.15, 0.2) is 0 Å². The summed E-state index contributed by atoms with van der Waals surface area (Å²) in [6, 6.07) is 5.97. The van der Waals surface area contributed by atoms with Gasteiger partial charge in [0.05, 0.1) is 23.3 Å². The number of esters is 1. The number of rotatable bonds is 8. The highest BCUT2D eigenvalue weighted by Gasteiger charge is 2.18. The number of carboxylic acids is 1. The predicted octanol–water partition coefficient (Wildman–Crippen LogP) is 2.87. The van der Waals surface area contributed by atoms with Crippen molar-refractivity contribution < 1.29 is 24.5 Å². The number of hydrogen-bond acceptors (Lipinski definition) is 4. The van der Waals surface area contributed by atoms with Gasteiger partial charge in [-0.25, -0.2) is 9.59 Å². The summed E-state index contributed by atoms with van der Waals surface area (Å²) >= 11 is 0. The molecule has 0 saturated heterocycles. The third-order valence-corrected chi connectivity index (χ3v) is 3.48. The van der Waals surface area contributed by atoms with Crippen molar-refractivity contribution >= 4 is 11.9 Å². The second-order valence-electron chi connectivity index (χ2n) is 5.29. The molecule has 0 aromatic heterocycles. The van der Waals surface area contributed by atoms with Crippen LogP contribution in [0.25, 0.3) is 0 Å². The normalized spacial score (nSPS) is 13.5. The van der Waals surface area contributed by atoms with Gasteiger partial charge in [0.2, 0.25) is 0 Å². The number of carboxylic acid groups (broad SMARTS) is 1. The molecular formula is C16H22O5. The summed E-state index contributed by atoms with van der Waals surface area (Å²) in [5, 5.41) is 18.8. The smallest absolute Gasteiger partial charge is 0.339 e. The van der Waals surface area contributed by atoms with E-state index in [0.717, 1.165) is 6.42 Å². The second-order valence-corrected chi connectivity index (χ2v) is 5.29. The standard InChI is InChI=1S/C16H22O5/c1-3-16(2,20)10-6-7-11-21-15(19)13-9-5-4-8-12(13)14(17)18/h4-5,8-9,20H,3,6-7,10-11H2,1-2H3,(H,17,18). The molecule has 1 unspecified atom stereocenters. The topological polar surface area (TPSA) is 83.8 Å². The third kappa shape index (κ3) is 5.55. The predicted molar refractivity (Wildman–Crippen MR) is 78.4 cm³/mol. The van der Waals surface area contributed by atoms with Crippen LogP contribution in [0.2, 0.25) is 0 Å². The van der Waals surface area contributed by atoms with Crippen LogP contribution in [-0.4, -0.2) is 34.4 Å². The van der Waals surface area contributed by atoms with Gasteiger partial charge in [-0.3, -0.25) is 0 Å². The summed E-state index contributed by atoms with van der Waals surface area (Å²) in [6.45, 7) is 3.91. The summed E-state index contributed by atoms with van der Waals surface area (Å²) in [6.07, 6.45) is 2.71. The fourth-order valence-electron chi connectivity index (χ4n) is 1.87. The maximum Gasteiger partial charge on any atom is 0.339 e. The van der Waals surface area contributed by atoms with Crippen molar-refractivity contribution in [2.75, 3.05) is 6.61 Å². The first-order chi connectivity index (χ1) is 9.87. The van der Waals surface area contributed by atoms with E-state index in [1.54, 1.807) is 19.1 Å². The SMILES string of the molecule is CCC(C)(O)CCCCOC(=O)c1ccccc1C(=O)O. The van der Waals surface area contributed by atoms with E-state index in [4.69, 9.17) is 9.84 Å². The summed E-state index contributed by atoms with van der Waals surface area (Å²) in [4.78, 5) is 22.9. The first-order valence-electron chi connectivity index (χ1n) is 7.09. The molecule has 1 rings (SSSR count). The van der Waals surface area contributed by atoms with Crippen LogP contribution in [-0.2, 0) is 4.74 Å². The molecule has 0 bridgehead atoms. The average Bonchev–Trinajstić information content (AvgIpc) is 2.46. The van der Waals surface area contributed by atoms with Gasteiger partial charge in [-0.15, -0.1) is 0 Å². The Hall–Kier alpha value is -1.88. The number of unbranched alkanes of at least 4 members (excludes halogenated alkanes) is 1. The van der Waals surface area contributed by atoms with Crippen molar-refractivity contribution in [3.8, 4) is 0 Å². The van der Waals surface area contributed by atoms with Crippen molar-refractivity contribution in [1.29, 1.82) is 0 Å². The molecule has 0 aliphatic rings. The van der Waals surface area contributed by atoms with Crippen molar-refractivity contribution in [3.05, 3.63) is 35.4 Å². The number of carbonyl (C=O) groups excluding carboxylic acids is 1. The number of benzene rings is 1. The summed E-state index contributed by atoms with van der Waals surface area (Å²) in [5.74, 6) is -1.78. The summed E-state index contributed by atoms with van der Waals surface area (Å²) in [5.41, 5.74) is -0.679. The van der Waals surface area contributed by atoms with Gasteiger partial charge in [0.1, 0.15) is 0 Å². The Morgan fingerprint density at radius 3 is 2.38 bits per heavy atom. The molecular weight excluding hydrogens is 272 g/mol. The van der Waals surface area contributed by atoms with E-state index >= 15 is 0 Å². The number of carbonyl (C=O) groups is 2. The second kappa shape index (κ2) is 7.78.